The maximum Gasteiger partial charge on any atom is 0.305 e. The summed E-state index contributed by atoms with van der Waals surface area (Å²) in [7, 11) is 0. The van der Waals surface area contributed by atoms with E-state index in [0.29, 0.717) is 25.3 Å². The van der Waals surface area contributed by atoms with E-state index in [1.54, 1.807) is 6.20 Å². The monoisotopic (exact) mass is 266 g/mol. The summed E-state index contributed by atoms with van der Waals surface area (Å²) in [6.45, 7) is 2.74. The first-order chi connectivity index (χ1) is 8.99. The van der Waals surface area contributed by atoms with E-state index in [2.05, 4.69) is 4.98 Å². The largest absolute Gasteiger partial charge is 0.481 e. The molecule has 0 spiro atoms. The summed E-state index contributed by atoms with van der Waals surface area (Å²) in [6.07, 6.45) is 2.19. The number of hydrogen-bond donors (Lipinski definition) is 2. The number of hydrogen-bond acceptors (Lipinski definition) is 4. The Kier molecular flexibility index (Phi) is 5.78. The zero-order valence-corrected chi connectivity index (χ0v) is 10.9. The van der Waals surface area contributed by atoms with Gasteiger partial charge in [0, 0.05) is 25.7 Å². The van der Waals surface area contributed by atoms with Gasteiger partial charge in [-0.25, -0.2) is 4.98 Å². The molecule has 19 heavy (non-hydrogen) atoms. The lowest BCUT2D eigenvalue weighted by Crippen LogP contribution is -2.28. The molecule has 0 atom stereocenters. The van der Waals surface area contributed by atoms with Gasteiger partial charge in [-0.1, -0.05) is 0 Å². The summed E-state index contributed by atoms with van der Waals surface area (Å²) in [5.41, 5.74) is 1.03. The average Bonchev–Trinajstić information content (AvgIpc) is 2.32. The van der Waals surface area contributed by atoms with Gasteiger partial charge in [0.1, 0.15) is 5.82 Å². The number of aryl methyl sites for hydroxylation is 1. The molecule has 0 saturated heterocycles. The number of anilines is 1. The average molecular weight is 266 g/mol. The van der Waals surface area contributed by atoms with Gasteiger partial charge in [-0.3, -0.25) is 9.59 Å². The van der Waals surface area contributed by atoms with Crippen LogP contribution in [0.1, 0.15) is 24.8 Å². The van der Waals surface area contributed by atoms with Gasteiger partial charge in [-0.15, -0.1) is 0 Å². The molecule has 1 rings (SSSR count). The van der Waals surface area contributed by atoms with Crippen molar-refractivity contribution in [3.8, 4) is 0 Å². The second kappa shape index (κ2) is 7.35. The van der Waals surface area contributed by atoms with Gasteiger partial charge >= 0.3 is 11.9 Å². The summed E-state index contributed by atoms with van der Waals surface area (Å²) in [5, 5.41) is 17.4. The number of nitrogens with zero attached hydrogens (tertiary/aromatic N) is 2. The van der Waals surface area contributed by atoms with Crippen LogP contribution < -0.4 is 4.90 Å². The van der Waals surface area contributed by atoms with E-state index in [0.717, 1.165) is 5.56 Å². The second-order valence-corrected chi connectivity index (χ2v) is 4.32. The van der Waals surface area contributed by atoms with Crippen LogP contribution >= 0.6 is 0 Å². The molecule has 1 aromatic heterocycles. The number of aliphatic carboxylic acids is 2. The van der Waals surface area contributed by atoms with Gasteiger partial charge in [-0.2, -0.15) is 0 Å². The molecule has 0 aliphatic carbocycles. The van der Waals surface area contributed by atoms with Crippen LogP contribution in [0.15, 0.2) is 18.3 Å². The third-order valence-corrected chi connectivity index (χ3v) is 2.64. The zero-order chi connectivity index (χ0) is 14.3. The van der Waals surface area contributed by atoms with Crippen LogP contribution in [0.25, 0.3) is 0 Å². The van der Waals surface area contributed by atoms with Crippen molar-refractivity contribution in [2.75, 3.05) is 18.0 Å². The van der Waals surface area contributed by atoms with Gasteiger partial charge < -0.3 is 15.1 Å². The fourth-order valence-electron chi connectivity index (χ4n) is 1.69. The highest BCUT2D eigenvalue weighted by atomic mass is 16.4. The molecular weight excluding hydrogens is 248 g/mol. The fourth-order valence-corrected chi connectivity index (χ4v) is 1.69. The Balaban J connectivity index is 2.67. The summed E-state index contributed by atoms with van der Waals surface area (Å²) >= 11 is 0. The van der Waals surface area contributed by atoms with Gasteiger partial charge in [0.05, 0.1) is 6.42 Å². The molecule has 0 aliphatic heterocycles. The molecule has 0 aromatic carbocycles. The first-order valence-corrected chi connectivity index (χ1v) is 6.10. The zero-order valence-electron chi connectivity index (χ0n) is 10.9. The molecule has 0 saturated carbocycles. The SMILES string of the molecule is Cc1ccnc(N(CCCC(=O)O)CCC(=O)O)c1. The fraction of sp³-hybridized carbons (Fsp3) is 0.462. The smallest absolute Gasteiger partial charge is 0.305 e. The molecule has 0 aliphatic rings. The van der Waals surface area contributed by atoms with Crippen LogP contribution in [-0.4, -0.2) is 40.2 Å². The Morgan fingerprint density at radius 3 is 2.47 bits per heavy atom. The van der Waals surface area contributed by atoms with Crippen molar-refractivity contribution in [2.45, 2.75) is 26.2 Å². The van der Waals surface area contributed by atoms with E-state index in [1.807, 2.05) is 24.0 Å². The molecule has 6 nitrogen and oxygen atoms in total. The molecule has 0 fully saturated rings. The van der Waals surface area contributed by atoms with Crippen molar-refractivity contribution >= 4 is 17.8 Å². The van der Waals surface area contributed by atoms with E-state index in [1.165, 1.54) is 0 Å². The Bertz CT molecular complexity index is 448. The van der Waals surface area contributed by atoms with E-state index >= 15 is 0 Å². The van der Waals surface area contributed by atoms with Crippen molar-refractivity contribution in [1.82, 2.24) is 4.98 Å². The van der Waals surface area contributed by atoms with Crippen LogP contribution in [0, 0.1) is 6.92 Å². The number of carbonyl (C=O) groups is 2. The van der Waals surface area contributed by atoms with E-state index in [4.69, 9.17) is 10.2 Å². The molecule has 104 valence electrons. The molecule has 0 amide bonds. The number of aromatic nitrogens is 1. The minimum Gasteiger partial charge on any atom is -0.481 e. The number of carboxylic acid groups (broad SMARTS) is 2. The lowest BCUT2D eigenvalue weighted by Gasteiger charge is -2.23. The van der Waals surface area contributed by atoms with Crippen LogP contribution in [0.3, 0.4) is 0 Å². The molecule has 0 radical (unpaired) electrons. The minimum atomic E-state index is -0.879. The van der Waals surface area contributed by atoms with E-state index in [-0.39, 0.29) is 12.8 Å². The molecule has 0 unspecified atom stereocenters. The van der Waals surface area contributed by atoms with Crippen LogP contribution in [0.4, 0.5) is 5.82 Å². The van der Waals surface area contributed by atoms with Crippen LogP contribution in [0.5, 0.6) is 0 Å². The van der Waals surface area contributed by atoms with Gasteiger partial charge in [-0.05, 0) is 31.0 Å². The molecular formula is C13H18N2O4. The summed E-state index contributed by atoms with van der Waals surface area (Å²) in [4.78, 5) is 27.2. The highest BCUT2D eigenvalue weighted by molar-refractivity contribution is 5.68. The Labute approximate surface area is 111 Å². The number of pyridine rings is 1. The maximum absolute atomic E-state index is 10.6. The lowest BCUT2D eigenvalue weighted by molar-refractivity contribution is -0.138. The normalized spacial score (nSPS) is 10.2. The molecule has 1 aromatic rings. The third kappa shape index (κ3) is 5.85. The van der Waals surface area contributed by atoms with Crippen LogP contribution in [-0.2, 0) is 9.59 Å². The van der Waals surface area contributed by atoms with Crippen molar-refractivity contribution in [2.24, 2.45) is 0 Å². The third-order valence-electron chi connectivity index (χ3n) is 2.64. The van der Waals surface area contributed by atoms with Crippen molar-refractivity contribution < 1.29 is 19.8 Å². The maximum atomic E-state index is 10.6. The Morgan fingerprint density at radius 1 is 1.21 bits per heavy atom. The highest BCUT2D eigenvalue weighted by Crippen LogP contribution is 2.13. The predicted octanol–water partition coefficient (Wildman–Crippen LogP) is 1.54. The summed E-state index contributed by atoms with van der Waals surface area (Å²) in [5.74, 6) is -1.04. The minimum absolute atomic E-state index is 0.00267. The molecule has 0 bridgehead atoms. The van der Waals surface area contributed by atoms with Gasteiger partial charge in [0.25, 0.3) is 0 Å². The van der Waals surface area contributed by atoms with E-state index in [9.17, 15) is 9.59 Å². The number of carboxylic acids is 2. The molecule has 2 N–H and O–H groups in total. The Hall–Kier alpha value is -2.11. The molecule has 6 heteroatoms. The number of rotatable bonds is 8. The van der Waals surface area contributed by atoms with Crippen molar-refractivity contribution in [3.05, 3.63) is 23.9 Å². The standard InChI is InChI=1S/C13H18N2O4/c1-10-4-6-14-11(9-10)15(8-5-13(18)19)7-2-3-12(16)17/h4,6,9H,2-3,5,7-8H2,1H3,(H,16,17)(H,18,19). The first kappa shape index (κ1) is 14.9. The lowest BCUT2D eigenvalue weighted by atomic mass is 10.2. The topological polar surface area (TPSA) is 90.7 Å². The Morgan fingerprint density at radius 2 is 1.89 bits per heavy atom. The van der Waals surface area contributed by atoms with Crippen molar-refractivity contribution in [3.63, 3.8) is 0 Å². The summed E-state index contributed by atoms with van der Waals surface area (Å²) < 4.78 is 0. The van der Waals surface area contributed by atoms with Crippen molar-refractivity contribution in [1.29, 1.82) is 0 Å². The van der Waals surface area contributed by atoms with E-state index < -0.39 is 11.9 Å². The quantitative estimate of drug-likeness (QED) is 0.741. The molecule has 1 heterocycles. The second-order valence-electron chi connectivity index (χ2n) is 4.32. The predicted molar refractivity (Wildman–Crippen MR) is 70.3 cm³/mol. The highest BCUT2D eigenvalue weighted by Gasteiger charge is 2.10. The van der Waals surface area contributed by atoms with Gasteiger partial charge in [0.2, 0.25) is 0 Å². The first-order valence-electron chi connectivity index (χ1n) is 6.10. The van der Waals surface area contributed by atoms with Crippen LogP contribution in [0.2, 0.25) is 0 Å². The van der Waals surface area contributed by atoms with Gasteiger partial charge in [0.15, 0.2) is 0 Å². The summed E-state index contributed by atoms with van der Waals surface area (Å²) in [6, 6.07) is 3.72.